The number of pyridine rings is 1. The Bertz CT molecular complexity index is 1190. The Labute approximate surface area is 162 Å². The highest BCUT2D eigenvalue weighted by Gasteiger charge is 2.38. The molecule has 4 rings (SSSR count). The van der Waals surface area contributed by atoms with Gasteiger partial charge in [0.2, 0.25) is 0 Å². The lowest BCUT2D eigenvalue weighted by Gasteiger charge is -2.18. The number of hydrogen-bond donors (Lipinski definition) is 2. The van der Waals surface area contributed by atoms with Crippen LogP contribution in [0.2, 0.25) is 0 Å². The zero-order chi connectivity index (χ0) is 20.8. The molecular formula is C19H16F4N6. The van der Waals surface area contributed by atoms with Crippen LogP contribution in [0.15, 0.2) is 36.8 Å². The Morgan fingerprint density at radius 1 is 1.21 bits per heavy atom. The van der Waals surface area contributed by atoms with E-state index in [4.69, 9.17) is 0 Å². The van der Waals surface area contributed by atoms with Crippen LogP contribution in [0.3, 0.4) is 0 Å². The van der Waals surface area contributed by atoms with Crippen molar-refractivity contribution < 1.29 is 17.6 Å². The lowest BCUT2D eigenvalue weighted by molar-refractivity contribution is -0.137. The molecule has 0 unspecified atom stereocenters. The van der Waals surface area contributed by atoms with Gasteiger partial charge in [0.15, 0.2) is 0 Å². The second-order valence-corrected chi connectivity index (χ2v) is 6.57. The molecule has 2 N–H and O–H groups in total. The van der Waals surface area contributed by atoms with E-state index in [0.717, 1.165) is 12.1 Å². The van der Waals surface area contributed by atoms with Gasteiger partial charge < -0.3 is 5.32 Å². The summed E-state index contributed by atoms with van der Waals surface area (Å²) >= 11 is 0. The Kier molecular flexibility index (Phi) is 4.58. The SMILES string of the molecule is CNCc1ccc(F)c(-c2cc3c(-c4cnn(C)c4)n[nH]c3cn2)c1C(F)(F)F. The third kappa shape index (κ3) is 3.35. The molecule has 1 aromatic carbocycles. The average Bonchev–Trinajstić information content (AvgIpc) is 3.27. The lowest BCUT2D eigenvalue weighted by atomic mass is 9.96. The monoisotopic (exact) mass is 404 g/mol. The molecule has 3 heterocycles. The number of benzene rings is 1. The highest BCUT2D eigenvalue weighted by atomic mass is 19.4. The van der Waals surface area contributed by atoms with Crippen molar-refractivity contribution in [3.05, 3.63) is 53.7 Å². The van der Waals surface area contributed by atoms with Crippen molar-refractivity contribution in [1.29, 1.82) is 0 Å². The molecule has 0 spiro atoms. The van der Waals surface area contributed by atoms with Crippen LogP contribution in [0.1, 0.15) is 11.1 Å². The first kappa shape index (κ1) is 19.1. The van der Waals surface area contributed by atoms with Crippen molar-refractivity contribution in [2.45, 2.75) is 12.7 Å². The Morgan fingerprint density at radius 3 is 2.66 bits per heavy atom. The minimum atomic E-state index is -4.75. The molecule has 10 heteroatoms. The number of H-pyrrole nitrogens is 1. The molecule has 0 aliphatic heterocycles. The number of halogens is 4. The molecule has 0 amide bonds. The van der Waals surface area contributed by atoms with Crippen molar-refractivity contribution in [2.75, 3.05) is 7.05 Å². The number of hydrogen-bond acceptors (Lipinski definition) is 4. The second kappa shape index (κ2) is 6.96. The zero-order valence-electron chi connectivity index (χ0n) is 15.5. The second-order valence-electron chi connectivity index (χ2n) is 6.57. The first-order valence-corrected chi connectivity index (χ1v) is 8.66. The molecule has 0 aliphatic rings. The van der Waals surface area contributed by atoms with Gasteiger partial charge in [0.25, 0.3) is 0 Å². The predicted molar refractivity (Wildman–Crippen MR) is 99.3 cm³/mol. The van der Waals surface area contributed by atoms with Crippen LogP contribution in [0.5, 0.6) is 0 Å². The minimum Gasteiger partial charge on any atom is -0.316 e. The van der Waals surface area contributed by atoms with E-state index >= 15 is 0 Å². The highest BCUT2D eigenvalue weighted by Crippen LogP contribution is 2.41. The number of aryl methyl sites for hydroxylation is 1. The molecule has 0 fully saturated rings. The molecule has 3 aromatic heterocycles. The van der Waals surface area contributed by atoms with Crippen LogP contribution in [-0.2, 0) is 19.8 Å². The molecule has 0 aliphatic carbocycles. The normalized spacial score (nSPS) is 12.1. The standard InChI is InChI=1S/C19H16F4N6/c1-24-6-10-3-4-13(20)16(17(10)19(21,22)23)14-5-12-15(8-25-14)27-28-18(12)11-7-26-29(2)9-11/h3-5,7-9,24H,6H2,1-2H3,(H,27,28). The topological polar surface area (TPSA) is 71.4 Å². The lowest BCUT2D eigenvalue weighted by Crippen LogP contribution is -2.17. The van der Waals surface area contributed by atoms with E-state index < -0.39 is 23.1 Å². The van der Waals surface area contributed by atoms with Gasteiger partial charge in [0, 0.05) is 36.3 Å². The zero-order valence-corrected chi connectivity index (χ0v) is 15.5. The number of aromatic nitrogens is 5. The van der Waals surface area contributed by atoms with Crippen molar-refractivity contribution in [1.82, 2.24) is 30.3 Å². The molecule has 0 bridgehead atoms. The van der Waals surface area contributed by atoms with E-state index in [2.05, 4.69) is 25.6 Å². The average molecular weight is 404 g/mol. The van der Waals surface area contributed by atoms with Gasteiger partial charge in [-0.25, -0.2) is 4.39 Å². The summed E-state index contributed by atoms with van der Waals surface area (Å²) in [6.07, 6.45) is -0.0827. The molecule has 0 saturated heterocycles. The van der Waals surface area contributed by atoms with E-state index in [1.165, 1.54) is 19.3 Å². The Hall–Kier alpha value is -3.27. The molecule has 0 saturated carbocycles. The van der Waals surface area contributed by atoms with Crippen molar-refractivity contribution in [2.24, 2.45) is 7.05 Å². The summed E-state index contributed by atoms with van der Waals surface area (Å²) in [5, 5.41) is 14.3. The molecular weight excluding hydrogens is 388 g/mol. The van der Waals surface area contributed by atoms with Crippen molar-refractivity contribution >= 4 is 10.9 Å². The quantitative estimate of drug-likeness (QED) is 0.506. The summed E-state index contributed by atoms with van der Waals surface area (Å²) < 4.78 is 57.8. The van der Waals surface area contributed by atoms with Gasteiger partial charge in [-0.05, 0) is 24.7 Å². The van der Waals surface area contributed by atoms with Crippen LogP contribution in [-0.4, -0.2) is 32.0 Å². The molecule has 29 heavy (non-hydrogen) atoms. The number of aromatic amines is 1. The summed E-state index contributed by atoms with van der Waals surface area (Å²) in [6, 6.07) is 3.58. The van der Waals surface area contributed by atoms with E-state index in [9.17, 15) is 17.6 Å². The summed E-state index contributed by atoms with van der Waals surface area (Å²) in [6.45, 7) is -0.0585. The molecule has 6 nitrogen and oxygen atoms in total. The fourth-order valence-electron chi connectivity index (χ4n) is 3.35. The van der Waals surface area contributed by atoms with Crippen LogP contribution >= 0.6 is 0 Å². The predicted octanol–water partition coefficient (Wildman–Crippen LogP) is 3.90. The molecule has 0 atom stereocenters. The number of nitrogens with zero attached hydrogens (tertiary/aromatic N) is 4. The van der Waals surface area contributed by atoms with E-state index in [0.29, 0.717) is 22.2 Å². The molecule has 150 valence electrons. The number of rotatable bonds is 4. The summed E-state index contributed by atoms with van der Waals surface area (Å²) in [4.78, 5) is 4.07. The van der Waals surface area contributed by atoms with Gasteiger partial charge in [-0.1, -0.05) is 6.07 Å². The number of alkyl halides is 3. The summed E-state index contributed by atoms with van der Waals surface area (Å²) in [5.74, 6) is -0.990. The maximum atomic E-state index is 14.6. The van der Waals surface area contributed by atoms with Crippen LogP contribution in [0.25, 0.3) is 33.4 Å². The summed E-state index contributed by atoms with van der Waals surface area (Å²) in [7, 11) is 3.27. The van der Waals surface area contributed by atoms with E-state index in [1.807, 2.05) is 0 Å². The van der Waals surface area contributed by atoms with E-state index in [-0.39, 0.29) is 17.8 Å². The van der Waals surface area contributed by atoms with Crippen molar-refractivity contribution in [3.63, 3.8) is 0 Å². The third-order valence-electron chi connectivity index (χ3n) is 4.57. The molecule has 4 aromatic rings. The summed E-state index contributed by atoms with van der Waals surface area (Å²) in [5.41, 5.74) is -0.0956. The van der Waals surface area contributed by atoms with Gasteiger partial charge >= 0.3 is 6.18 Å². The number of nitrogens with one attached hydrogen (secondary N) is 2. The van der Waals surface area contributed by atoms with Crippen LogP contribution < -0.4 is 5.32 Å². The Morgan fingerprint density at radius 2 is 2.00 bits per heavy atom. The van der Waals surface area contributed by atoms with Gasteiger partial charge in [-0.15, -0.1) is 0 Å². The van der Waals surface area contributed by atoms with E-state index in [1.54, 1.807) is 24.1 Å². The minimum absolute atomic E-state index is 0.0574. The fourth-order valence-corrected chi connectivity index (χ4v) is 3.35. The van der Waals surface area contributed by atoms with Crippen LogP contribution in [0, 0.1) is 5.82 Å². The van der Waals surface area contributed by atoms with Crippen molar-refractivity contribution in [3.8, 4) is 22.5 Å². The highest BCUT2D eigenvalue weighted by molar-refractivity contribution is 5.94. The molecule has 0 radical (unpaired) electrons. The number of fused-ring (bicyclic) bond motifs is 1. The first-order chi connectivity index (χ1) is 13.8. The Balaban J connectivity index is 1.96. The van der Waals surface area contributed by atoms with Gasteiger partial charge in [0.1, 0.15) is 11.5 Å². The van der Waals surface area contributed by atoms with Gasteiger partial charge in [-0.3, -0.25) is 14.8 Å². The third-order valence-corrected chi connectivity index (χ3v) is 4.57. The van der Waals surface area contributed by atoms with Crippen LogP contribution in [0.4, 0.5) is 17.6 Å². The smallest absolute Gasteiger partial charge is 0.316 e. The largest absolute Gasteiger partial charge is 0.417 e. The fraction of sp³-hybridized carbons (Fsp3) is 0.211. The first-order valence-electron chi connectivity index (χ1n) is 8.66. The maximum absolute atomic E-state index is 14.6. The van der Waals surface area contributed by atoms with Gasteiger partial charge in [0.05, 0.1) is 29.2 Å². The maximum Gasteiger partial charge on any atom is 0.417 e. The van der Waals surface area contributed by atoms with Gasteiger partial charge in [-0.2, -0.15) is 23.4 Å².